The van der Waals surface area contributed by atoms with Crippen molar-refractivity contribution in [1.82, 2.24) is 14.8 Å². The van der Waals surface area contributed by atoms with Crippen LogP contribution in [0, 0.1) is 6.92 Å². The van der Waals surface area contributed by atoms with Crippen molar-refractivity contribution in [2.45, 2.75) is 6.92 Å². The maximum Gasteiger partial charge on any atom is 0.134 e. The summed E-state index contributed by atoms with van der Waals surface area (Å²) < 4.78 is 1.83. The molecule has 0 aliphatic heterocycles. The van der Waals surface area contributed by atoms with Gasteiger partial charge in [0.25, 0.3) is 0 Å². The highest BCUT2D eigenvalue weighted by atomic mass is 32.1. The van der Waals surface area contributed by atoms with Crippen molar-refractivity contribution in [2.75, 3.05) is 0 Å². The first-order valence-electron chi connectivity index (χ1n) is 5.24. The van der Waals surface area contributed by atoms with Gasteiger partial charge in [-0.2, -0.15) is 5.10 Å². The van der Waals surface area contributed by atoms with Gasteiger partial charge in [-0.05, 0) is 18.4 Å². The van der Waals surface area contributed by atoms with Crippen LogP contribution in [0.15, 0.2) is 29.1 Å². The normalized spacial score (nSPS) is 10.9. The van der Waals surface area contributed by atoms with Gasteiger partial charge >= 0.3 is 0 Å². The summed E-state index contributed by atoms with van der Waals surface area (Å²) in [5, 5.41) is 9.60. The van der Waals surface area contributed by atoms with Crippen molar-refractivity contribution >= 4 is 22.7 Å². The number of nitrogens with zero attached hydrogens (tertiary/aromatic N) is 3. The molecule has 0 unspecified atom stereocenters. The summed E-state index contributed by atoms with van der Waals surface area (Å²) >= 11 is 3.40. The molecule has 0 N–H and O–H groups in total. The first-order valence-corrected chi connectivity index (χ1v) is 7.00. The van der Waals surface area contributed by atoms with Crippen LogP contribution in [-0.2, 0) is 7.05 Å². The Morgan fingerprint density at radius 3 is 2.82 bits per heavy atom. The first kappa shape index (κ1) is 10.7. The number of aromatic nitrogens is 3. The Hall–Kier alpha value is -1.46. The molecule has 0 saturated carbocycles. The van der Waals surface area contributed by atoms with E-state index in [0.29, 0.717) is 0 Å². The molecule has 86 valence electrons. The van der Waals surface area contributed by atoms with Gasteiger partial charge in [0.05, 0.1) is 16.3 Å². The largest absolute Gasteiger partial charge is 0.275 e. The van der Waals surface area contributed by atoms with Crippen molar-refractivity contribution in [2.24, 2.45) is 7.05 Å². The topological polar surface area (TPSA) is 30.7 Å². The maximum atomic E-state index is 4.67. The maximum absolute atomic E-state index is 4.67. The number of thiazole rings is 1. The van der Waals surface area contributed by atoms with E-state index < -0.39 is 0 Å². The Labute approximate surface area is 107 Å². The summed E-state index contributed by atoms with van der Waals surface area (Å²) in [5.74, 6) is 0. The van der Waals surface area contributed by atoms with E-state index >= 15 is 0 Å². The lowest BCUT2D eigenvalue weighted by molar-refractivity contribution is 0.756. The fraction of sp³-hybridized carbons (Fsp3) is 0.167. The van der Waals surface area contributed by atoms with E-state index in [9.17, 15) is 0 Å². The average molecular weight is 261 g/mol. The summed E-state index contributed by atoms with van der Waals surface area (Å²) in [6.45, 7) is 2.01. The quantitative estimate of drug-likeness (QED) is 0.706. The molecule has 0 spiro atoms. The minimum Gasteiger partial charge on any atom is -0.275 e. The number of thiophene rings is 1. The summed E-state index contributed by atoms with van der Waals surface area (Å²) in [7, 11) is 1.93. The van der Waals surface area contributed by atoms with Crippen LogP contribution in [-0.4, -0.2) is 14.8 Å². The van der Waals surface area contributed by atoms with Gasteiger partial charge in [0, 0.05) is 24.2 Å². The Balaban J connectivity index is 2.03. The molecular weight excluding hydrogens is 250 g/mol. The van der Waals surface area contributed by atoms with E-state index in [4.69, 9.17) is 0 Å². The summed E-state index contributed by atoms with van der Waals surface area (Å²) in [6, 6.07) is 4.15. The number of rotatable bonds is 2. The molecule has 5 heteroatoms. The molecule has 0 radical (unpaired) electrons. The molecular formula is C12H11N3S2. The predicted octanol–water partition coefficient (Wildman–Crippen LogP) is 3.58. The third-order valence-corrected chi connectivity index (χ3v) is 4.41. The van der Waals surface area contributed by atoms with Crippen LogP contribution in [0.3, 0.4) is 0 Å². The molecule has 3 aromatic heterocycles. The first-order chi connectivity index (χ1) is 8.24. The van der Waals surface area contributed by atoms with Crippen LogP contribution in [0.4, 0.5) is 0 Å². The Bertz CT molecular complexity index is 635. The Kier molecular flexibility index (Phi) is 2.57. The van der Waals surface area contributed by atoms with Crippen molar-refractivity contribution in [3.8, 4) is 21.1 Å². The zero-order chi connectivity index (χ0) is 11.8. The molecule has 3 nitrogen and oxygen atoms in total. The lowest BCUT2D eigenvalue weighted by atomic mass is 10.2. The SMILES string of the molecule is Cc1nn(C)cc1-c1csc(-c2cccs2)n1. The number of hydrogen-bond donors (Lipinski definition) is 0. The van der Waals surface area contributed by atoms with Gasteiger partial charge in [0.2, 0.25) is 0 Å². The molecule has 0 aliphatic carbocycles. The smallest absolute Gasteiger partial charge is 0.134 e. The van der Waals surface area contributed by atoms with Gasteiger partial charge in [0.1, 0.15) is 5.01 Å². The molecule has 0 saturated heterocycles. The number of aryl methyl sites for hydroxylation is 2. The van der Waals surface area contributed by atoms with E-state index in [0.717, 1.165) is 22.0 Å². The Morgan fingerprint density at radius 1 is 1.29 bits per heavy atom. The molecule has 0 bridgehead atoms. The predicted molar refractivity (Wildman–Crippen MR) is 72.4 cm³/mol. The molecule has 3 rings (SSSR count). The third kappa shape index (κ3) is 1.92. The molecule has 0 aromatic carbocycles. The summed E-state index contributed by atoms with van der Waals surface area (Å²) in [4.78, 5) is 5.90. The van der Waals surface area contributed by atoms with Gasteiger partial charge in [-0.25, -0.2) is 4.98 Å². The van der Waals surface area contributed by atoms with E-state index in [1.54, 1.807) is 22.7 Å². The fourth-order valence-electron chi connectivity index (χ4n) is 1.76. The van der Waals surface area contributed by atoms with Gasteiger partial charge in [-0.1, -0.05) is 6.07 Å². The van der Waals surface area contributed by atoms with Crippen molar-refractivity contribution in [3.63, 3.8) is 0 Å². The molecule has 3 heterocycles. The Morgan fingerprint density at radius 2 is 2.18 bits per heavy atom. The van der Waals surface area contributed by atoms with E-state index in [1.165, 1.54) is 4.88 Å². The molecule has 3 aromatic rings. The third-order valence-electron chi connectivity index (χ3n) is 2.53. The second kappa shape index (κ2) is 4.09. The van der Waals surface area contributed by atoms with E-state index in [-0.39, 0.29) is 0 Å². The number of hydrogen-bond acceptors (Lipinski definition) is 4. The van der Waals surface area contributed by atoms with Crippen LogP contribution in [0.5, 0.6) is 0 Å². The second-order valence-corrected chi connectivity index (χ2v) is 5.62. The fourth-order valence-corrected chi connectivity index (χ4v) is 3.40. The molecule has 0 aliphatic rings. The summed E-state index contributed by atoms with van der Waals surface area (Å²) in [6.07, 6.45) is 2.02. The van der Waals surface area contributed by atoms with Crippen molar-refractivity contribution in [3.05, 3.63) is 34.8 Å². The molecule has 0 amide bonds. The monoisotopic (exact) mass is 261 g/mol. The minimum absolute atomic E-state index is 1.02. The van der Waals surface area contributed by atoms with Crippen molar-refractivity contribution < 1.29 is 0 Å². The highest BCUT2D eigenvalue weighted by Gasteiger charge is 2.11. The zero-order valence-electron chi connectivity index (χ0n) is 9.54. The standard InChI is InChI=1S/C12H11N3S2/c1-8-9(6-15(2)14-8)10-7-17-12(13-10)11-4-3-5-16-11/h3-7H,1-2H3. The minimum atomic E-state index is 1.02. The van der Waals surface area contributed by atoms with Gasteiger partial charge in [-0.15, -0.1) is 22.7 Å². The summed E-state index contributed by atoms with van der Waals surface area (Å²) in [5.41, 5.74) is 3.16. The van der Waals surface area contributed by atoms with Crippen LogP contribution in [0.2, 0.25) is 0 Å². The van der Waals surface area contributed by atoms with Gasteiger partial charge < -0.3 is 0 Å². The highest BCUT2D eigenvalue weighted by molar-refractivity contribution is 7.20. The zero-order valence-corrected chi connectivity index (χ0v) is 11.2. The molecule has 0 fully saturated rings. The van der Waals surface area contributed by atoms with Crippen LogP contribution in [0.25, 0.3) is 21.1 Å². The van der Waals surface area contributed by atoms with Crippen LogP contribution in [0.1, 0.15) is 5.69 Å². The van der Waals surface area contributed by atoms with Crippen LogP contribution >= 0.6 is 22.7 Å². The molecule has 0 atom stereocenters. The van der Waals surface area contributed by atoms with E-state index in [1.807, 2.05) is 24.9 Å². The lowest BCUT2D eigenvalue weighted by Crippen LogP contribution is -1.86. The van der Waals surface area contributed by atoms with Crippen LogP contribution < -0.4 is 0 Å². The average Bonchev–Trinajstić information content (AvgIpc) is 2.97. The van der Waals surface area contributed by atoms with Gasteiger partial charge in [-0.3, -0.25) is 4.68 Å². The second-order valence-electron chi connectivity index (χ2n) is 3.82. The van der Waals surface area contributed by atoms with Gasteiger partial charge in [0.15, 0.2) is 0 Å². The van der Waals surface area contributed by atoms with E-state index in [2.05, 4.69) is 33.0 Å². The van der Waals surface area contributed by atoms with Crippen molar-refractivity contribution in [1.29, 1.82) is 0 Å². The lowest BCUT2D eigenvalue weighted by Gasteiger charge is -1.91. The highest BCUT2D eigenvalue weighted by Crippen LogP contribution is 2.32. The molecule has 17 heavy (non-hydrogen) atoms.